The molecule has 0 saturated heterocycles. The van der Waals surface area contributed by atoms with Crippen molar-refractivity contribution in [1.29, 1.82) is 0 Å². The van der Waals surface area contributed by atoms with Crippen LogP contribution in [0.2, 0.25) is 0 Å². The van der Waals surface area contributed by atoms with E-state index in [1.54, 1.807) is 19.1 Å². The van der Waals surface area contributed by atoms with Gasteiger partial charge in [0, 0.05) is 0 Å². The second kappa shape index (κ2) is 4.90. The Morgan fingerprint density at radius 3 is 2.41 bits per heavy atom. The Morgan fingerprint density at radius 2 is 1.94 bits per heavy atom. The second-order valence-corrected chi connectivity index (χ2v) is 4.96. The van der Waals surface area contributed by atoms with E-state index in [4.69, 9.17) is 0 Å². The lowest BCUT2D eigenvalue weighted by molar-refractivity contribution is -0.170. The van der Waals surface area contributed by atoms with Crippen LogP contribution in [-0.4, -0.2) is 22.2 Å². The summed E-state index contributed by atoms with van der Waals surface area (Å²) >= 11 is 0. The normalized spacial score (nSPS) is 32.4. The zero-order valence-corrected chi connectivity index (χ0v) is 10.4. The number of rotatable bonds is 5. The summed E-state index contributed by atoms with van der Waals surface area (Å²) in [5, 5.41) is 18.9. The Morgan fingerprint density at radius 1 is 1.29 bits per heavy atom. The molecule has 0 heterocycles. The van der Waals surface area contributed by atoms with Gasteiger partial charge in [0.15, 0.2) is 0 Å². The summed E-state index contributed by atoms with van der Waals surface area (Å²) in [4.78, 5) is 23.0. The highest BCUT2D eigenvalue weighted by atomic mass is 16.4. The van der Waals surface area contributed by atoms with Crippen molar-refractivity contribution in [3.63, 3.8) is 0 Å². The van der Waals surface area contributed by atoms with Crippen LogP contribution in [0.25, 0.3) is 0 Å². The number of hydrogen-bond donors (Lipinski definition) is 2. The molecule has 0 saturated carbocycles. The van der Waals surface area contributed by atoms with Crippen LogP contribution >= 0.6 is 0 Å². The minimum Gasteiger partial charge on any atom is -0.481 e. The average molecular weight is 240 g/mol. The highest BCUT2D eigenvalue weighted by molar-refractivity contribution is 5.88. The van der Waals surface area contributed by atoms with Gasteiger partial charge in [-0.25, -0.2) is 0 Å². The minimum absolute atomic E-state index is 0.384. The molecule has 2 unspecified atom stereocenters. The van der Waals surface area contributed by atoms with Crippen molar-refractivity contribution in [1.82, 2.24) is 0 Å². The number of unbranched alkanes of at least 4 members (excludes halogenated alkanes) is 1. The quantitative estimate of drug-likeness (QED) is 0.724. The molecule has 0 radical (unpaired) electrons. The molecular formula is C13H20O4. The summed E-state index contributed by atoms with van der Waals surface area (Å²) in [7, 11) is 0. The molecule has 0 bridgehead atoms. The first-order chi connectivity index (χ1) is 7.90. The second-order valence-electron chi connectivity index (χ2n) is 4.96. The van der Waals surface area contributed by atoms with E-state index in [-0.39, 0.29) is 0 Å². The number of carboxylic acid groups (broad SMARTS) is 2. The summed E-state index contributed by atoms with van der Waals surface area (Å²) in [6.45, 7) is 3.53. The molecule has 0 amide bonds. The van der Waals surface area contributed by atoms with E-state index in [2.05, 4.69) is 0 Å². The zero-order chi connectivity index (χ0) is 13.1. The van der Waals surface area contributed by atoms with Crippen molar-refractivity contribution < 1.29 is 19.8 Å². The Kier molecular flexibility index (Phi) is 3.96. The first kappa shape index (κ1) is 13.7. The summed E-state index contributed by atoms with van der Waals surface area (Å²) in [6.07, 6.45) is 6.38. The van der Waals surface area contributed by atoms with Gasteiger partial charge in [-0.3, -0.25) is 9.59 Å². The van der Waals surface area contributed by atoms with Gasteiger partial charge in [0.1, 0.15) is 5.41 Å². The summed E-state index contributed by atoms with van der Waals surface area (Å²) in [5.41, 5.74) is -2.46. The van der Waals surface area contributed by atoms with Gasteiger partial charge in [-0.15, -0.1) is 0 Å². The van der Waals surface area contributed by atoms with Crippen LogP contribution in [0.5, 0.6) is 0 Å². The highest BCUT2D eigenvalue weighted by Gasteiger charge is 2.57. The van der Waals surface area contributed by atoms with Crippen molar-refractivity contribution in [2.75, 3.05) is 0 Å². The van der Waals surface area contributed by atoms with Gasteiger partial charge >= 0.3 is 11.9 Å². The molecule has 0 aromatic rings. The molecule has 1 aliphatic carbocycles. The lowest BCUT2D eigenvalue weighted by Gasteiger charge is -2.43. The van der Waals surface area contributed by atoms with Crippen molar-refractivity contribution in [3.05, 3.63) is 12.2 Å². The first-order valence-electron chi connectivity index (χ1n) is 6.05. The molecule has 2 N–H and O–H groups in total. The monoisotopic (exact) mass is 240 g/mol. The maximum Gasteiger partial charge on any atom is 0.314 e. The molecule has 0 fully saturated rings. The molecule has 1 aliphatic rings. The summed E-state index contributed by atoms with van der Waals surface area (Å²) < 4.78 is 0. The van der Waals surface area contributed by atoms with Crippen molar-refractivity contribution in [2.45, 2.75) is 46.0 Å². The van der Waals surface area contributed by atoms with Crippen LogP contribution in [0, 0.1) is 10.8 Å². The molecular weight excluding hydrogens is 220 g/mol. The van der Waals surface area contributed by atoms with Crippen LogP contribution in [0.1, 0.15) is 46.0 Å². The predicted octanol–water partition coefficient (Wildman–Crippen LogP) is 2.69. The third kappa shape index (κ3) is 2.08. The fourth-order valence-electron chi connectivity index (χ4n) is 2.59. The van der Waals surface area contributed by atoms with Gasteiger partial charge in [0.2, 0.25) is 0 Å². The maximum absolute atomic E-state index is 11.6. The predicted molar refractivity (Wildman–Crippen MR) is 63.7 cm³/mol. The van der Waals surface area contributed by atoms with E-state index in [1.807, 2.05) is 6.92 Å². The Balaban J connectivity index is 3.22. The number of allylic oxidation sites excluding steroid dienone is 1. The Labute approximate surface area is 101 Å². The Bertz CT molecular complexity index is 347. The van der Waals surface area contributed by atoms with Crippen LogP contribution in [0.4, 0.5) is 0 Å². The van der Waals surface area contributed by atoms with E-state index in [0.29, 0.717) is 19.3 Å². The van der Waals surface area contributed by atoms with Crippen LogP contribution in [0.3, 0.4) is 0 Å². The molecule has 0 spiro atoms. The van der Waals surface area contributed by atoms with E-state index < -0.39 is 22.8 Å². The lowest BCUT2D eigenvalue weighted by atomic mass is 9.57. The summed E-state index contributed by atoms with van der Waals surface area (Å²) in [6, 6.07) is 0. The highest BCUT2D eigenvalue weighted by Crippen LogP contribution is 2.50. The molecule has 2 atom stereocenters. The molecule has 1 rings (SSSR count). The van der Waals surface area contributed by atoms with E-state index in [1.165, 1.54) is 0 Å². The average Bonchev–Trinajstić information content (AvgIpc) is 2.27. The molecule has 96 valence electrons. The van der Waals surface area contributed by atoms with Gasteiger partial charge in [0.05, 0.1) is 5.41 Å². The largest absolute Gasteiger partial charge is 0.481 e. The Hall–Kier alpha value is -1.32. The van der Waals surface area contributed by atoms with Gasteiger partial charge in [-0.05, 0) is 26.2 Å². The topological polar surface area (TPSA) is 74.6 Å². The molecule has 4 heteroatoms. The van der Waals surface area contributed by atoms with Crippen LogP contribution in [-0.2, 0) is 9.59 Å². The smallest absolute Gasteiger partial charge is 0.314 e. The van der Waals surface area contributed by atoms with Gasteiger partial charge in [-0.2, -0.15) is 0 Å². The molecule has 17 heavy (non-hydrogen) atoms. The van der Waals surface area contributed by atoms with Gasteiger partial charge in [-0.1, -0.05) is 31.9 Å². The maximum atomic E-state index is 11.6. The standard InChI is InChI=1S/C13H20O4/c1-3-4-8-13(11(16)17)9-6-5-7-12(13,2)10(14)15/h6,9H,3-5,7-8H2,1-2H3,(H,14,15)(H,16,17). The van der Waals surface area contributed by atoms with E-state index in [9.17, 15) is 19.8 Å². The number of hydrogen-bond acceptors (Lipinski definition) is 2. The van der Waals surface area contributed by atoms with Crippen molar-refractivity contribution in [2.24, 2.45) is 10.8 Å². The number of carboxylic acids is 2. The molecule has 0 aromatic heterocycles. The van der Waals surface area contributed by atoms with Crippen LogP contribution in [0.15, 0.2) is 12.2 Å². The lowest BCUT2D eigenvalue weighted by Crippen LogP contribution is -2.51. The van der Waals surface area contributed by atoms with Gasteiger partial charge in [0.25, 0.3) is 0 Å². The van der Waals surface area contributed by atoms with E-state index in [0.717, 1.165) is 12.8 Å². The third-order valence-electron chi connectivity index (χ3n) is 3.98. The fraction of sp³-hybridized carbons (Fsp3) is 0.692. The fourth-order valence-corrected chi connectivity index (χ4v) is 2.59. The molecule has 4 nitrogen and oxygen atoms in total. The van der Waals surface area contributed by atoms with Gasteiger partial charge < -0.3 is 10.2 Å². The summed E-state index contributed by atoms with van der Waals surface area (Å²) in [5.74, 6) is -2.04. The van der Waals surface area contributed by atoms with E-state index >= 15 is 0 Å². The number of carbonyl (C=O) groups is 2. The van der Waals surface area contributed by atoms with Crippen molar-refractivity contribution >= 4 is 11.9 Å². The zero-order valence-electron chi connectivity index (χ0n) is 10.4. The number of aliphatic carboxylic acids is 2. The van der Waals surface area contributed by atoms with Crippen LogP contribution < -0.4 is 0 Å². The SMILES string of the molecule is CCCCC1(C(=O)O)C=CCCC1(C)C(=O)O. The molecule has 0 aliphatic heterocycles. The first-order valence-corrected chi connectivity index (χ1v) is 6.05. The molecule has 0 aromatic carbocycles. The van der Waals surface area contributed by atoms with Crippen molar-refractivity contribution in [3.8, 4) is 0 Å². The minimum atomic E-state index is -1.26. The third-order valence-corrected chi connectivity index (χ3v) is 3.98.